The van der Waals surface area contributed by atoms with Crippen LogP contribution in [0.15, 0.2) is 11.9 Å². The summed E-state index contributed by atoms with van der Waals surface area (Å²) in [6, 6.07) is 0. The van der Waals surface area contributed by atoms with Crippen LogP contribution >= 0.6 is 0 Å². The fourth-order valence-corrected chi connectivity index (χ4v) is 5.27. The molecular weight excluding hydrogens is 309 g/mol. The summed E-state index contributed by atoms with van der Waals surface area (Å²) < 4.78 is 42.4. The minimum Gasteiger partial charge on any atom is -0.244 e. The van der Waals surface area contributed by atoms with Gasteiger partial charge < -0.3 is 0 Å². The normalized spacial score (nSPS) is 45.2. The number of alkyl halides is 2. The Balaban J connectivity index is 1.49. The maximum atomic E-state index is 14.6. The third-order valence-corrected chi connectivity index (χ3v) is 6.99. The zero-order valence-corrected chi connectivity index (χ0v) is 15.0. The molecular formula is C21H33F3. The van der Waals surface area contributed by atoms with Gasteiger partial charge in [0.1, 0.15) is 12.3 Å². The summed E-state index contributed by atoms with van der Waals surface area (Å²) >= 11 is 0. The molecule has 0 amide bonds. The van der Waals surface area contributed by atoms with Crippen molar-refractivity contribution in [1.82, 2.24) is 0 Å². The quantitative estimate of drug-likeness (QED) is 0.520. The molecule has 0 saturated heterocycles. The monoisotopic (exact) mass is 342 g/mol. The van der Waals surface area contributed by atoms with Crippen molar-refractivity contribution in [3.63, 3.8) is 0 Å². The van der Waals surface area contributed by atoms with Crippen LogP contribution in [0.2, 0.25) is 0 Å². The molecule has 0 aromatic rings. The zero-order chi connectivity index (χ0) is 17.1. The van der Waals surface area contributed by atoms with Crippen molar-refractivity contribution < 1.29 is 13.2 Å². The highest BCUT2D eigenvalue weighted by Gasteiger charge is 2.39. The molecule has 0 nitrogen and oxygen atoms in total. The van der Waals surface area contributed by atoms with Crippen molar-refractivity contribution >= 4 is 0 Å². The molecule has 3 saturated carbocycles. The Bertz CT molecular complexity index is 417. The van der Waals surface area contributed by atoms with Gasteiger partial charge in [-0.2, -0.15) is 0 Å². The molecule has 0 radical (unpaired) electrons. The van der Waals surface area contributed by atoms with E-state index in [1.165, 1.54) is 12.8 Å². The molecule has 0 bridgehead atoms. The summed E-state index contributed by atoms with van der Waals surface area (Å²) in [4.78, 5) is 0. The fraction of sp³-hybridized carbons (Fsp3) is 0.905. The van der Waals surface area contributed by atoms with Crippen LogP contribution in [-0.2, 0) is 0 Å². The first-order valence-electron chi connectivity index (χ1n) is 10.2. The number of halogens is 3. The molecule has 24 heavy (non-hydrogen) atoms. The molecule has 0 spiro atoms. The van der Waals surface area contributed by atoms with Crippen LogP contribution in [0.4, 0.5) is 13.2 Å². The van der Waals surface area contributed by atoms with Gasteiger partial charge in [-0.1, -0.05) is 26.2 Å². The van der Waals surface area contributed by atoms with E-state index in [1.54, 1.807) is 0 Å². The summed E-state index contributed by atoms with van der Waals surface area (Å²) in [5.41, 5.74) is 0. The molecule has 3 unspecified atom stereocenters. The predicted octanol–water partition coefficient (Wildman–Crippen LogP) is 6.95. The van der Waals surface area contributed by atoms with Gasteiger partial charge in [-0.15, -0.1) is 0 Å². The van der Waals surface area contributed by atoms with Gasteiger partial charge in [0.2, 0.25) is 0 Å². The van der Waals surface area contributed by atoms with Crippen molar-refractivity contribution in [2.24, 2.45) is 29.6 Å². The van der Waals surface area contributed by atoms with Crippen LogP contribution in [0.25, 0.3) is 0 Å². The average Bonchev–Trinajstić information content (AvgIpc) is 2.59. The van der Waals surface area contributed by atoms with Crippen molar-refractivity contribution in [1.29, 1.82) is 0 Å². The topological polar surface area (TPSA) is 0 Å². The lowest BCUT2D eigenvalue weighted by Crippen LogP contribution is -2.37. The van der Waals surface area contributed by atoms with Crippen LogP contribution < -0.4 is 0 Å². The third-order valence-electron chi connectivity index (χ3n) is 6.99. The second-order valence-corrected chi connectivity index (χ2v) is 8.74. The Labute approximate surface area is 145 Å². The molecule has 0 N–H and O–H groups in total. The van der Waals surface area contributed by atoms with Gasteiger partial charge in [0, 0.05) is 5.92 Å². The molecule has 3 aliphatic carbocycles. The maximum absolute atomic E-state index is 14.6. The van der Waals surface area contributed by atoms with Gasteiger partial charge in [0.05, 0.1) is 5.83 Å². The van der Waals surface area contributed by atoms with Gasteiger partial charge in [0.25, 0.3) is 0 Å². The van der Waals surface area contributed by atoms with E-state index >= 15 is 0 Å². The Morgan fingerprint density at radius 1 is 0.833 bits per heavy atom. The van der Waals surface area contributed by atoms with Crippen molar-refractivity contribution in [2.45, 2.75) is 89.9 Å². The van der Waals surface area contributed by atoms with Gasteiger partial charge in [0.15, 0.2) is 0 Å². The van der Waals surface area contributed by atoms with Crippen LogP contribution in [0.1, 0.15) is 77.6 Å². The molecule has 0 aromatic heterocycles. The second kappa shape index (κ2) is 8.27. The second-order valence-electron chi connectivity index (χ2n) is 8.74. The van der Waals surface area contributed by atoms with Gasteiger partial charge in [-0.25, -0.2) is 13.2 Å². The van der Waals surface area contributed by atoms with E-state index in [2.05, 4.69) is 6.92 Å². The van der Waals surface area contributed by atoms with Crippen molar-refractivity contribution in [3.05, 3.63) is 11.9 Å². The van der Waals surface area contributed by atoms with Gasteiger partial charge >= 0.3 is 0 Å². The first kappa shape index (κ1) is 18.3. The Morgan fingerprint density at radius 2 is 1.50 bits per heavy atom. The van der Waals surface area contributed by atoms with E-state index in [-0.39, 0.29) is 23.6 Å². The van der Waals surface area contributed by atoms with E-state index in [0.29, 0.717) is 12.3 Å². The molecule has 3 rings (SSSR count). The van der Waals surface area contributed by atoms with Crippen LogP contribution in [-0.4, -0.2) is 12.3 Å². The van der Waals surface area contributed by atoms with E-state index in [4.69, 9.17) is 0 Å². The molecule has 0 aromatic carbocycles. The van der Waals surface area contributed by atoms with Crippen molar-refractivity contribution in [3.8, 4) is 0 Å². The molecule has 3 heteroatoms. The lowest BCUT2D eigenvalue weighted by Gasteiger charge is -2.38. The van der Waals surface area contributed by atoms with Crippen LogP contribution in [0.5, 0.6) is 0 Å². The fourth-order valence-electron chi connectivity index (χ4n) is 5.27. The minimum atomic E-state index is -1.29. The molecule has 3 fully saturated rings. The average molecular weight is 342 g/mol. The standard InChI is InChI=1S/C21H33F3/c1-14-5-7-15(8-6-14)13-20(23)17-11-9-16(10-12-17)18-3-2-4-19(22)21(18)24/h13-19,21H,2-12H2,1H3/b20-13-. The van der Waals surface area contributed by atoms with E-state index in [0.717, 1.165) is 57.3 Å². The van der Waals surface area contributed by atoms with E-state index < -0.39 is 12.3 Å². The Morgan fingerprint density at radius 3 is 2.17 bits per heavy atom. The van der Waals surface area contributed by atoms with E-state index in [1.807, 2.05) is 6.08 Å². The summed E-state index contributed by atoms with van der Waals surface area (Å²) in [5, 5.41) is 0. The maximum Gasteiger partial charge on any atom is 0.134 e. The summed E-state index contributed by atoms with van der Waals surface area (Å²) in [5.74, 6) is 1.45. The molecule has 138 valence electrons. The predicted molar refractivity (Wildman–Crippen MR) is 92.9 cm³/mol. The minimum absolute atomic E-state index is 0.0309. The largest absolute Gasteiger partial charge is 0.244 e. The molecule has 3 aliphatic rings. The number of hydrogen-bond donors (Lipinski definition) is 0. The lowest BCUT2D eigenvalue weighted by atomic mass is 9.69. The van der Waals surface area contributed by atoms with Crippen LogP contribution in [0, 0.1) is 29.6 Å². The first-order chi connectivity index (χ1) is 11.5. The summed E-state index contributed by atoms with van der Waals surface area (Å²) in [6.45, 7) is 2.28. The highest BCUT2D eigenvalue weighted by atomic mass is 19.2. The van der Waals surface area contributed by atoms with Gasteiger partial charge in [-0.3, -0.25) is 0 Å². The van der Waals surface area contributed by atoms with Crippen molar-refractivity contribution in [2.75, 3.05) is 0 Å². The molecule has 3 atom stereocenters. The smallest absolute Gasteiger partial charge is 0.134 e. The third kappa shape index (κ3) is 4.38. The summed E-state index contributed by atoms with van der Waals surface area (Å²) in [7, 11) is 0. The van der Waals surface area contributed by atoms with Gasteiger partial charge in [-0.05, 0) is 81.1 Å². The van der Waals surface area contributed by atoms with Crippen LogP contribution in [0.3, 0.4) is 0 Å². The molecule has 0 aliphatic heterocycles. The first-order valence-corrected chi connectivity index (χ1v) is 10.2. The zero-order valence-electron chi connectivity index (χ0n) is 15.0. The highest BCUT2D eigenvalue weighted by molar-refractivity contribution is 5.03. The highest BCUT2D eigenvalue weighted by Crippen LogP contribution is 2.44. The van der Waals surface area contributed by atoms with E-state index in [9.17, 15) is 13.2 Å². The Kier molecular flexibility index (Phi) is 6.32. The number of allylic oxidation sites excluding steroid dienone is 2. The summed E-state index contributed by atoms with van der Waals surface area (Å²) in [6.07, 6.45) is 9.37. The number of hydrogen-bond acceptors (Lipinski definition) is 0. The lowest BCUT2D eigenvalue weighted by molar-refractivity contribution is 0.0221. The Hall–Kier alpha value is -0.470. The SMILES string of the molecule is CC1CCC(/C=C(\F)C2CCC(C3CCCC(F)C3F)CC2)CC1. The molecule has 0 heterocycles. The number of rotatable bonds is 3.